The van der Waals surface area contributed by atoms with E-state index < -0.39 is 17.4 Å². The second-order valence-corrected chi connectivity index (χ2v) is 6.73. The Morgan fingerprint density at radius 3 is 2.19 bits per heavy atom. The van der Waals surface area contributed by atoms with Crippen LogP contribution in [-0.4, -0.2) is 31.3 Å². The zero-order valence-electron chi connectivity index (χ0n) is 15.4. The molecule has 1 N–H and O–H groups in total. The molecule has 3 rings (SSSR count). The highest BCUT2D eigenvalue weighted by molar-refractivity contribution is 5.84. The second-order valence-electron chi connectivity index (χ2n) is 6.73. The van der Waals surface area contributed by atoms with Crippen molar-refractivity contribution >= 4 is 11.9 Å². The number of hydrogen-bond acceptors (Lipinski definition) is 5. The van der Waals surface area contributed by atoms with Crippen molar-refractivity contribution in [2.24, 2.45) is 5.41 Å². The number of aliphatic carboxylic acids is 1. The molecule has 0 fully saturated rings. The van der Waals surface area contributed by atoms with Gasteiger partial charge < -0.3 is 19.3 Å². The topological polar surface area (TPSA) is 82.1 Å². The number of rotatable bonds is 7. The lowest BCUT2D eigenvalue weighted by Crippen LogP contribution is -2.35. The fourth-order valence-corrected chi connectivity index (χ4v) is 3.51. The van der Waals surface area contributed by atoms with Gasteiger partial charge in [-0.3, -0.25) is 9.59 Å². The number of benzene rings is 2. The van der Waals surface area contributed by atoms with Gasteiger partial charge in [0.25, 0.3) is 0 Å². The van der Waals surface area contributed by atoms with Gasteiger partial charge >= 0.3 is 11.9 Å². The summed E-state index contributed by atoms with van der Waals surface area (Å²) in [6.07, 6.45) is 0.512. The minimum atomic E-state index is -1.14. The zero-order chi connectivity index (χ0) is 19.4. The van der Waals surface area contributed by atoms with Gasteiger partial charge in [0.2, 0.25) is 0 Å². The Hall–Kier alpha value is -3.02. The van der Waals surface area contributed by atoms with Crippen molar-refractivity contribution in [1.29, 1.82) is 0 Å². The predicted octanol–water partition coefficient (Wildman–Crippen LogP) is 3.01. The highest BCUT2D eigenvalue weighted by Gasteiger charge is 2.46. The number of hydrogen-bond donors (Lipinski definition) is 1. The number of carboxylic acids is 1. The summed E-state index contributed by atoms with van der Waals surface area (Å²) in [6.45, 7) is 0.0435. The van der Waals surface area contributed by atoms with Crippen LogP contribution in [-0.2, 0) is 33.8 Å². The molecule has 0 atom stereocenters. The highest BCUT2D eigenvalue weighted by Crippen LogP contribution is 2.40. The maximum Gasteiger partial charge on any atom is 0.310 e. The van der Waals surface area contributed by atoms with Gasteiger partial charge in [-0.2, -0.15) is 0 Å². The third kappa shape index (κ3) is 3.89. The largest absolute Gasteiger partial charge is 0.493 e. The molecule has 0 saturated carbocycles. The summed E-state index contributed by atoms with van der Waals surface area (Å²) in [5.74, 6) is -0.373. The van der Waals surface area contributed by atoms with Crippen LogP contribution in [0.3, 0.4) is 0 Å². The number of carboxylic acid groups (broad SMARTS) is 1. The molecule has 0 spiro atoms. The van der Waals surface area contributed by atoms with E-state index in [-0.39, 0.29) is 13.0 Å². The van der Waals surface area contributed by atoms with E-state index in [0.29, 0.717) is 24.3 Å². The summed E-state index contributed by atoms with van der Waals surface area (Å²) in [4.78, 5) is 24.3. The summed E-state index contributed by atoms with van der Waals surface area (Å²) in [5.41, 5.74) is 1.55. The third-order valence-electron chi connectivity index (χ3n) is 4.96. The van der Waals surface area contributed by atoms with Crippen molar-refractivity contribution in [3.05, 3.63) is 59.2 Å². The van der Waals surface area contributed by atoms with E-state index in [1.54, 1.807) is 25.3 Å². The van der Waals surface area contributed by atoms with Gasteiger partial charge in [0.1, 0.15) is 6.61 Å². The molecule has 142 valence electrons. The monoisotopic (exact) mass is 370 g/mol. The number of fused-ring (bicyclic) bond motifs is 1. The van der Waals surface area contributed by atoms with E-state index in [2.05, 4.69) is 0 Å². The highest BCUT2D eigenvalue weighted by atomic mass is 16.5. The molecule has 0 radical (unpaired) electrons. The van der Waals surface area contributed by atoms with E-state index >= 15 is 0 Å². The van der Waals surface area contributed by atoms with Crippen LogP contribution in [0.1, 0.15) is 23.1 Å². The SMILES string of the molecule is COc1ccc(COC(=O)CC2(C(=O)O)Cc3ccccc3C2)cc1OC. The lowest BCUT2D eigenvalue weighted by molar-refractivity contribution is -0.158. The van der Waals surface area contributed by atoms with Crippen LogP contribution in [0.2, 0.25) is 0 Å². The molecule has 0 amide bonds. The molecule has 0 aliphatic heterocycles. The smallest absolute Gasteiger partial charge is 0.310 e. The van der Waals surface area contributed by atoms with Crippen LogP contribution >= 0.6 is 0 Å². The Balaban J connectivity index is 1.66. The van der Waals surface area contributed by atoms with Gasteiger partial charge in [-0.25, -0.2) is 0 Å². The molecule has 27 heavy (non-hydrogen) atoms. The second kappa shape index (κ2) is 7.70. The molecule has 2 aromatic carbocycles. The van der Waals surface area contributed by atoms with Gasteiger partial charge in [-0.05, 0) is 41.7 Å². The van der Waals surface area contributed by atoms with Gasteiger partial charge in [-0.1, -0.05) is 30.3 Å². The quantitative estimate of drug-likeness (QED) is 0.755. The van der Waals surface area contributed by atoms with Crippen LogP contribution in [0.15, 0.2) is 42.5 Å². The molecule has 1 aliphatic carbocycles. The summed E-state index contributed by atoms with van der Waals surface area (Å²) < 4.78 is 15.7. The fraction of sp³-hybridized carbons (Fsp3) is 0.333. The predicted molar refractivity (Wildman–Crippen MR) is 97.9 cm³/mol. The molecule has 6 nitrogen and oxygen atoms in total. The summed E-state index contributed by atoms with van der Waals surface area (Å²) >= 11 is 0. The zero-order valence-corrected chi connectivity index (χ0v) is 15.4. The molecule has 6 heteroatoms. The Morgan fingerprint density at radius 2 is 1.63 bits per heavy atom. The Labute approximate surface area is 157 Å². The van der Waals surface area contributed by atoms with E-state index in [9.17, 15) is 14.7 Å². The van der Waals surface area contributed by atoms with Crippen LogP contribution in [0, 0.1) is 5.41 Å². The number of esters is 1. The van der Waals surface area contributed by atoms with E-state index in [4.69, 9.17) is 14.2 Å². The third-order valence-corrected chi connectivity index (χ3v) is 4.96. The first-order valence-corrected chi connectivity index (χ1v) is 8.64. The van der Waals surface area contributed by atoms with Crippen molar-refractivity contribution in [1.82, 2.24) is 0 Å². The van der Waals surface area contributed by atoms with Crippen LogP contribution in [0.25, 0.3) is 0 Å². The van der Waals surface area contributed by atoms with Crippen LogP contribution < -0.4 is 9.47 Å². The first-order chi connectivity index (χ1) is 13.0. The minimum absolute atomic E-state index is 0.0435. The minimum Gasteiger partial charge on any atom is -0.493 e. The van der Waals surface area contributed by atoms with E-state index in [1.165, 1.54) is 7.11 Å². The summed E-state index contributed by atoms with van der Waals surface area (Å²) in [5, 5.41) is 9.76. The average Bonchev–Trinajstić information content (AvgIpc) is 3.05. The van der Waals surface area contributed by atoms with Crippen molar-refractivity contribution in [3.8, 4) is 11.5 Å². The maximum atomic E-state index is 12.4. The molecule has 0 unspecified atom stereocenters. The number of carbonyl (C=O) groups is 2. The molecule has 1 aliphatic rings. The first-order valence-electron chi connectivity index (χ1n) is 8.64. The van der Waals surface area contributed by atoms with E-state index in [1.807, 2.05) is 24.3 Å². The van der Waals surface area contributed by atoms with Gasteiger partial charge in [0.05, 0.1) is 26.1 Å². The molecule has 0 heterocycles. The Kier molecular flexibility index (Phi) is 5.35. The van der Waals surface area contributed by atoms with E-state index in [0.717, 1.165) is 16.7 Å². The lowest BCUT2D eigenvalue weighted by Gasteiger charge is -2.22. The van der Waals surface area contributed by atoms with Crippen molar-refractivity contribution in [2.45, 2.75) is 25.9 Å². The lowest BCUT2D eigenvalue weighted by atomic mass is 9.81. The van der Waals surface area contributed by atoms with Crippen molar-refractivity contribution < 1.29 is 28.9 Å². The molecular weight excluding hydrogens is 348 g/mol. The standard InChI is InChI=1S/C21H22O6/c1-25-17-8-7-14(9-18(17)26-2)13-27-19(22)12-21(20(23)24)10-15-5-3-4-6-16(15)11-21/h3-9H,10-13H2,1-2H3,(H,23,24). The maximum absolute atomic E-state index is 12.4. The summed E-state index contributed by atoms with van der Waals surface area (Å²) in [7, 11) is 3.07. The van der Waals surface area contributed by atoms with Crippen LogP contribution in [0.4, 0.5) is 0 Å². The normalized spacial score (nSPS) is 14.3. The Morgan fingerprint density at radius 1 is 1.00 bits per heavy atom. The first kappa shape index (κ1) is 18.8. The van der Waals surface area contributed by atoms with Crippen LogP contribution in [0.5, 0.6) is 11.5 Å². The molecule has 0 saturated heterocycles. The Bertz CT molecular complexity index is 833. The molecule has 2 aromatic rings. The van der Waals surface area contributed by atoms with Crippen molar-refractivity contribution in [2.75, 3.05) is 14.2 Å². The number of ether oxygens (including phenoxy) is 3. The van der Waals surface area contributed by atoms with Gasteiger partial charge in [-0.15, -0.1) is 0 Å². The summed E-state index contributed by atoms with van der Waals surface area (Å²) in [6, 6.07) is 12.8. The van der Waals surface area contributed by atoms with Crippen molar-refractivity contribution in [3.63, 3.8) is 0 Å². The molecular formula is C21H22O6. The average molecular weight is 370 g/mol. The molecule has 0 aromatic heterocycles. The number of methoxy groups -OCH3 is 2. The van der Waals surface area contributed by atoms with Gasteiger partial charge in [0.15, 0.2) is 11.5 Å². The number of carbonyl (C=O) groups excluding carboxylic acids is 1. The fourth-order valence-electron chi connectivity index (χ4n) is 3.51. The molecule has 0 bridgehead atoms. The van der Waals surface area contributed by atoms with Gasteiger partial charge in [0, 0.05) is 0 Å².